The second-order valence-electron chi connectivity index (χ2n) is 5.41. The highest BCUT2D eigenvalue weighted by Gasteiger charge is 2.61. The van der Waals surface area contributed by atoms with Gasteiger partial charge in [0, 0.05) is 16.6 Å². The quantitative estimate of drug-likeness (QED) is 0.345. The van der Waals surface area contributed by atoms with E-state index in [9.17, 15) is 19.7 Å². The molecule has 4 unspecified atom stereocenters. The first-order valence-corrected chi connectivity index (χ1v) is 7.44. The number of carbonyl (C=O) groups is 2. The number of hydrogen-bond donors (Lipinski definition) is 0. The molecule has 4 atom stereocenters. The molecular formula is C14H9BrN2O5. The van der Waals surface area contributed by atoms with Crippen LogP contribution < -0.4 is 4.90 Å². The number of imide groups is 1. The molecule has 0 radical (unpaired) electrons. The van der Waals surface area contributed by atoms with Crippen molar-refractivity contribution in [1.29, 1.82) is 0 Å². The summed E-state index contributed by atoms with van der Waals surface area (Å²) in [5.41, 5.74) is 0.217. The largest absolute Gasteiger partial charge is 0.365 e. The van der Waals surface area contributed by atoms with Crippen molar-refractivity contribution in [3.8, 4) is 0 Å². The standard InChI is InChI=1S/C14H9BrN2O5/c15-7-5-6(17(20)21)1-2-8(7)16-13(18)11-9-3-4-10(22-9)12(11)14(16)19/h1-5,9-12H. The lowest BCUT2D eigenvalue weighted by molar-refractivity contribution is -0.384. The van der Waals surface area contributed by atoms with Crippen molar-refractivity contribution in [2.24, 2.45) is 11.8 Å². The lowest BCUT2D eigenvalue weighted by Crippen LogP contribution is -2.34. The summed E-state index contributed by atoms with van der Waals surface area (Å²) in [5, 5.41) is 10.8. The first-order valence-electron chi connectivity index (χ1n) is 6.64. The van der Waals surface area contributed by atoms with Crippen LogP contribution in [0, 0.1) is 22.0 Å². The summed E-state index contributed by atoms with van der Waals surface area (Å²) in [6, 6.07) is 3.97. The van der Waals surface area contributed by atoms with Gasteiger partial charge in [0.05, 0.1) is 34.7 Å². The van der Waals surface area contributed by atoms with Crippen molar-refractivity contribution in [1.82, 2.24) is 0 Å². The van der Waals surface area contributed by atoms with Crippen molar-refractivity contribution >= 4 is 39.1 Å². The normalized spacial score (nSPS) is 32.0. The maximum Gasteiger partial charge on any atom is 0.270 e. The van der Waals surface area contributed by atoms with E-state index < -0.39 is 16.8 Å². The van der Waals surface area contributed by atoms with Crippen LogP contribution in [0.4, 0.5) is 11.4 Å². The van der Waals surface area contributed by atoms with E-state index in [4.69, 9.17) is 4.74 Å². The van der Waals surface area contributed by atoms with E-state index in [1.807, 2.05) is 12.2 Å². The number of amides is 2. The van der Waals surface area contributed by atoms with Crippen LogP contribution in [0.25, 0.3) is 0 Å². The maximum absolute atomic E-state index is 12.6. The molecule has 0 N–H and O–H groups in total. The lowest BCUT2D eigenvalue weighted by Gasteiger charge is -2.18. The fraction of sp³-hybridized carbons (Fsp3) is 0.286. The summed E-state index contributed by atoms with van der Waals surface area (Å²) in [7, 11) is 0. The smallest absolute Gasteiger partial charge is 0.270 e. The van der Waals surface area contributed by atoms with E-state index >= 15 is 0 Å². The summed E-state index contributed by atoms with van der Waals surface area (Å²) in [6.07, 6.45) is 2.91. The third-order valence-electron chi connectivity index (χ3n) is 4.29. The number of nitro benzene ring substituents is 1. The molecule has 7 nitrogen and oxygen atoms in total. The molecule has 22 heavy (non-hydrogen) atoms. The highest BCUT2D eigenvalue weighted by atomic mass is 79.9. The van der Waals surface area contributed by atoms with Gasteiger partial charge in [-0.25, -0.2) is 4.90 Å². The summed E-state index contributed by atoms with van der Waals surface area (Å²) >= 11 is 3.21. The Morgan fingerprint density at radius 3 is 2.23 bits per heavy atom. The van der Waals surface area contributed by atoms with Crippen molar-refractivity contribution in [2.45, 2.75) is 12.2 Å². The van der Waals surface area contributed by atoms with Crippen LogP contribution in [0.5, 0.6) is 0 Å². The fourth-order valence-electron chi connectivity index (χ4n) is 3.33. The SMILES string of the molecule is O=C1C2C3C=CC(O3)C2C(=O)N1c1ccc([N+](=O)[O-])cc1Br. The fourth-order valence-corrected chi connectivity index (χ4v) is 3.88. The average Bonchev–Trinajstić information content (AvgIpc) is 3.14. The molecule has 2 amide bonds. The molecule has 1 aromatic carbocycles. The Morgan fingerprint density at radius 1 is 1.14 bits per heavy atom. The Balaban J connectivity index is 1.74. The number of benzene rings is 1. The van der Waals surface area contributed by atoms with Gasteiger partial charge < -0.3 is 4.74 Å². The molecule has 3 aliphatic rings. The predicted octanol–water partition coefficient (Wildman–Crippen LogP) is 1.80. The lowest BCUT2D eigenvalue weighted by atomic mass is 9.85. The maximum atomic E-state index is 12.6. The molecule has 4 rings (SSSR count). The molecule has 8 heteroatoms. The molecule has 112 valence electrons. The van der Waals surface area contributed by atoms with Gasteiger partial charge in [0.15, 0.2) is 0 Å². The first-order chi connectivity index (χ1) is 10.5. The zero-order chi connectivity index (χ0) is 15.6. The highest BCUT2D eigenvalue weighted by molar-refractivity contribution is 9.10. The van der Waals surface area contributed by atoms with Crippen LogP contribution in [0.2, 0.25) is 0 Å². The van der Waals surface area contributed by atoms with Crippen molar-refractivity contribution in [2.75, 3.05) is 4.90 Å². The molecule has 0 aromatic heterocycles. The number of nitro groups is 1. The summed E-state index contributed by atoms with van der Waals surface area (Å²) in [5.74, 6) is -1.63. The van der Waals surface area contributed by atoms with E-state index in [-0.39, 0.29) is 29.7 Å². The molecule has 0 spiro atoms. The summed E-state index contributed by atoms with van der Waals surface area (Å²) in [6.45, 7) is 0. The predicted molar refractivity (Wildman–Crippen MR) is 78.1 cm³/mol. The number of nitrogens with zero attached hydrogens (tertiary/aromatic N) is 2. The van der Waals surface area contributed by atoms with Crippen LogP contribution in [0.15, 0.2) is 34.8 Å². The highest BCUT2D eigenvalue weighted by Crippen LogP contribution is 2.47. The van der Waals surface area contributed by atoms with Crippen LogP contribution >= 0.6 is 15.9 Å². The Kier molecular flexibility index (Phi) is 2.76. The van der Waals surface area contributed by atoms with Crippen molar-refractivity contribution in [3.63, 3.8) is 0 Å². The van der Waals surface area contributed by atoms with E-state index in [1.54, 1.807) is 0 Å². The van der Waals surface area contributed by atoms with Crippen molar-refractivity contribution in [3.05, 3.63) is 44.9 Å². The Hall–Kier alpha value is -2.06. The second-order valence-corrected chi connectivity index (χ2v) is 6.26. The Bertz CT molecular complexity index is 732. The number of ether oxygens (including phenoxy) is 1. The molecule has 0 saturated carbocycles. The van der Waals surface area contributed by atoms with Gasteiger partial charge in [0.1, 0.15) is 0 Å². The first kappa shape index (κ1) is 13.6. The minimum Gasteiger partial charge on any atom is -0.365 e. The van der Waals surface area contributed by atoms with E-state index in [0.717, 1.165) is 4.90 Å². The Labute approximate surface area is 132 Å². The minimum absolute atomic E-state index is 0.111. The Morgan fingerprint density at radius 2 is 1.73 bits per heavy atom. The third kappa shape index (κ3) is 1.65. The van der Waals surface area contributed by atoms with Gasteiger partial charge in [0.25, 0.3) is 5.69 Å². The number of hydrogen-bond acceptors (Lipinski definition) is 5. The van der Waals surface area contributed by atoms with Gasteiger partial charge in [-0.05, 0) is 22.0 Å². The molecule has 2 bridgehead atoms. The molecule has 0 aliphatic carbocycles. The molecule has 2 fully saturated rings. The minimum atomic E-state index is -0.533. The number of carbonyl (C=O) groups excluding carboxylic acids is 2. The number of anilines is 1. The summed E-state index contributed by atoms with van der Waals surface area (Å²) in [4.78, 5) is 36.5. The molecule has 2 saturated heterocycles. The third-order valence-corrected chi connectivity index (χ3v) is 4.93. The zero-order valence-corrected chi connectivity index (χ0v) is 12.6. The van der Waals surface area contributed by atoms with Gasteiger partial charge in [0.2, 0.25) is 11.8 Å². The van der Waals surface area contributed by atoms with Crippen LogP contribution in [-0.4, -0.2) is 28.9 Å². The van der Waals surface area contributed by atoms with Crippen molar-refractivity contribution < 1.29 is 19.2 Å². The van der Waals surface area contributed by atoms with Gasteiger partial charge in [-0.3, -0.25) is 19.7 Å². The van der Waals surface area contributed by atoms with Gasteiger partial charge in [-0.15, -0.1) is 0 Å². The van der Waals surface area contributed by atoms with Crippen LogP contribution in [0.1, 0.15) is 0 Å². The van der Waals surface area contributed by atoms with Gasteiger partial charge in [-0.2, -0.15) is 0 Å². The van der Waals surface area contributed by atoms with E-state index in [0.29, 0.717) is 10.2 Å². The summed E-state index contributed by atoms with van der Waals surface area (Å²) < 4.78 is 5.90. The van der Waals surface area contributed by atoms with E-state index in [1.165, 1.54) is 18.2 Å². The zero-order valence-electron chi connectivity index (χ0n) is 11.0. The monoisotopic (exact) mass is 364 g/mol. The molecule has 1 aromatic rings. The van der Waals surface area contributed by atoms with Crippen LogP contribution in [0.3, 0.4) is 0 Å². The molecule has 3 heterocycles. The van der Waals surface area contributed by atoms with Gasteiger partial charge >= 0.3 is 0 Å². The molecule has 3 aliphatic heterocycles. The molecular weight excluding hydrogens is 356 g/mol. The number of halogens is 1. The number of rotatable bonds is 2. The number of non-ortho nitro benzene ring substituents is 1. The second kappa shape index (κ2) is 4.47. The topological polar surface area (TPSA) is 89.8 Å². The van der Waals surface area contributed by atoms with Crippen LogP contribution in [-0.2, 0) is 14.3 Å². The number of fused-ring (bicyclic) bond motifs is 5. The van der Waals surface area contributed by atoms with E-state index in [2.05, 4.69) is 15.9 Å². The van der Waals surface area contributed by atoms with Gasteiger partial charge in [-0.1, -0.05) is 12.2 Å². The average molecular weight is 365 g/mol.